The third-order valence-corrected chi connectivity index (χ3v) is 15.7. The number of aromatic nitrogens is 2. The Morgan fingerprint density at radius 3 is 1.85 bits per heavy atom. The molecule has 180 valence electrons. The highest BCUT2D eigenvalue weighted by Gasteiger charge is 2.61. The van der Waals surface area contributed by atoms with Crippen LogP contribution in [0.3, 0.4) is 0 Å². The van der Waals surface area contributed by atoms with Gasteiger partial charge in [0.2, 0.25) is 0 Å². The Kier molecular flexibility index (Phi) is 6.83. The van der Waals surface area contributed by atoms with E-state index in [9.17, 15) is 0 Å². The molecule has 0 bridgehead atoms. The molecule has 6 heteroatoms. The summed E-state index contributed by atoms with van der Waals surface area (Å²) in [6, 6.07) is 22.7. The van der Waals surface area contributed by atoms with Crippen LogP contribution in [0.5, 0.6) is 0 Å². The summed E-state index contributed by atoms with van der Waals surface area (Å²) in [7, 11) is -2.48. The molecule has 2 saturated carbocycles. The molecular weight excluding hydrogens is 662 g/mol. The molecule has 5 rings (SSSR count). The number of halogens is 2. The zero-order valence-electron chi connectivity index (χ0n) is 20.6. The van der Waals surface area contributed by atoms with Gasteiger partial charge >= 0.3 is 0 Å². The molecule has 0 radical (unpaired) electrons. The number of benzene rings is 2. The van der Waals surface area contributed by atoms with E-state index in [2.05, 4.69) is 145 Å². The lowest BCUT2D eigenvalue weighted by molar-refractivity contribution is 0.173. The lowest BCUT2D eigenvalue weighted by atomic mass is 10.1. The molecule has 1 aromatic heterocycles. The number of fused-ring (bicyclic) bond motifs is 1. The van der Waals surface area contributed by atoms with Gasteiger partial charge in [-0.15, -0.1) is 0 Å². The van der Waals surface area contributed by atoms with Crippen LogP contribution >= 0.6 is 45.2 Å². The van der Waals surface area contributed by atoms with Gasteiger partial charge in [-0.05, 0) is 85.3 Å². The van der Waals surface area contributed by atoms with Crippen molar-refractivity contribution < 1.29 is 4.43 Å². The molecule has 4 atom stereocenters. The van der Waals surface area contributed by atoms with Crippen molar-refractivity contribution in [1.82, 2.24) is 9.55 Å². The maximum atomic E-state index is 7.44. The van der Waals surface area contributed by atoms with Crippen molar-refractivity contribution in [2.24, 2.45) is 11.8 Å². The van der Waals surface area contributed by atoms with Gasteiger partial charge < -0.3 is 8.99 Å². The molecule has 34 heavy (non-hydrogen) atoms. The first kappa shape index (κ1) is 25.0. The summed E-state index contributed by atoms with van der Waals surface area (Å²) in [5.74, 6) is 3.11. The minimum Gasteiger partial charge on any atom is -0.404 e. The van der Waals surface area contributed by atoms with Gasteiger partial charge in [-0.25, -0.2) is 4.98 Å². The average molecular weight is 696 g/mol. The first-order valence-electron chi connectivity index (χ1n) is 12.4. The summed E-state index contributed by atoms with van der Waals surface area (Å²) in [6.07, 6.45) is 2.63. The third-order valence-electron chi connectivity index (χ3n) is 7.77. The lowest BCUT2D eigenvalue weighted by Gasteiger charge is -2.45. The van der Waals surface area contributed by atoms with Gasteiger partial charge in [-0.1, -0.05) is 95.3 Å². The Bertz CT molecular complexity index is 1100. The Morgan fingerprint density at radius 2 is 1.41 bits per heavy atom. The summed E-state index contributed by atoms with van der Waals surface area (Å²) in [4.78, 5) is 4.91. The molecule has 3 aromatic rings. The summed E-state index contributed by atoms with van der Waals surface area (Å²) in [5, 5.41) is 2.79. The van der Waals surface area contributed by atoms with E-state index in [0.717, 1.165) is 16.5 Å². The fraction of sp³-hybridized carbons (Fsp3) is 0.464. The van der Waals surface area contributed by atoms with Crippen LogP contribution in [-0.2, 0) is 4.43 Å². The Labute approximate surface area is 232 Å². The highest BCUT2D eigenvalue weighted by atomic mass is 127. The van der Waals surface area contributed by atoms with Crippen LogP contribution in [0.25, 0.3) is 0 Å². The molecule has 0 N–H and O–H groups in total. The topological polar surface area (TPSA) is 27.1 Å². The first-order valence-corrected chi connectivity index (χ1v) is 16.4. The minimum absolute atomic E-state index is 0.0303. The maximum absolute atomic E-state index is 7.44. The highest BCUT2D eigenvalue weighted by molar-refractivity contribution is 14.1. The lowest BCUT2D eigenvalue weighted by Crippen LogP contribution is -2.67. The number of rotatable bonds is 6. The summed E-state index contributed by atoms with van der Waals surface area (Å²) in [6.45, 7) is 11.7. The zero-order chi connectivity index (χ0) is 24.3. The summed E-state index contributed by atoms with van der Waals surface area (Å²) >= 11 is 4.89. The normalized spacial score (nSPS) is 24.5. The summed E-state index contributed by atoms with van der Waals surface area (Å²) < 4.78 is 12.5. The quantitative estimate of drug-likeness (QED) is 0.211. The zero-order valence-corrected chi connectivity index (χ0v) is 25.9. The number of nitrogens with zero attached hydrogens (tertiary/aromatic N) is 2. The van der Waals surface area contributed by atoms with E-state index < -0.39 is 8.32 Å². The predicted octanol–water partition coefficient (Wildman–Crippen LogP) is 6.74. The molecule has 2 aliphatic rings. The monoisotopic (exact) mass is 696 g/mol. The molecule has 3 nitrogen and oxygen atoms in total. The van der Waals surface area contributed by atoms with Crippen LogP contribution in [0.4, 0.5) is 0 Å². The Hall–Kier alpha value is -0.713. The van der Waals surface area contributed by atoms with E-state index >= 15 is 0 Å². The van der Waals surface area contributed by atoms with Crippen LogP contribution in [-0.4, -0.2) is 24.0 Å². The standard InChI is InChI=1S/C28H34I2N2OSi/c1-18(2)27-31-25(29)26(30)32(27)24-22-16-19(17-23(22)24)33-34(28(3,4)5,20-12-8-6-9-13-20)21-14-10-7-11-15-21/h6-15,18-19,22-24H,16-17H2,1-5H3/t19?,22-,23+,24-. The van der Waals surface area contributed by atoms with E-state index in [1.807, 2.05) is 0 Å². The van der Waals surface area contributed by atoms with Crippen molar-refractivity contribution in [3.8, 4) is 0 Å². The molecule has 0 spiro atoms. The summed E-state index contributed by atoms with van der Waals surface area (Å²) in [5.41, 5.74) is 0. The fourth-order valence-corrected chi connectivity index (χ4v) is 12.2. The maximum Gasteiger partial charge on any atom is 0.261 e. The Morgan fingerprint density at radius 1 is 0.912 bits per heavy atom. The van der Waals surface area contributed by atoms with Crippen molar-refractivity contribution in [2.45, 2.75) is 70.6 Å². The highest BCUT2D eigenvalue weighted by Crippen LogP contribution is 2.63. The molecule has 1 unspecified atom stereocenters. The van der Waals surface area contributed by atoms with Gasteiger partial charge in [0, 0.05) is 18.1 Å². The van der Waals surface area contributed by atoms with Crippen LogP contribution in [0.2, 0.25) is 5.04 Å². The first-order chi connectivity index (χ1) is 16.1. The van der Waals surface area contributed by atoms with E-state index in [1.165, 1.54) is 19.9 Å². The van der Waals surface area contributed by atoms with Crippen molar-refractivity contribution >= 4 is 63.9 Å². The van der Waals surface area contributed by atoms with Crippen LogP contribution in [0.1, 0.15) is 65.2 Å². The Balaban J connectivity index is 1.45. The van der Waals surface area contributed by atoms with Gasteiger partial charge in [-0.3, -0.25) is 0 Å². The van der Waals surface area contributed by atoms with Crippen molar-refractivity contribution in [3.63, 3.8) is 0 Å². The van der Waals surface area contributed by atoms with Crippen LogP contribution < -0.4 is 10.4 Å². The molecule has 1 heterocycles. The largest absolute Gasteiger partial charge is 0.404 e. The smallest absolute Gasteiger partial charge is 0.261 e. The van der Waals surface area contributed by atoms with Crippen molar-refractivity contribution in [3.05, 3.63) is 73.9 Å². The van der Waals surface area contributed by atoms with Gasteiger partial charge in [0.1, 0.15) is 13.2 Å². The number of hydrogen-bond acceptors (Lipinski definition) is 2. The second-order valence-corrected chi connectivity index (χ2v) is 17.6. The second-order valence-electron chi connectivity index (χ2n) is 11.3. The van der Waals surface area contributed by atoms with E-state index in [1.54, 1.807) is 0 Å². The molecule has 0 aliphatic heterocycles. The predicted molar refractivity (Wildman–Crippen MR) is 159 cm³/mol. The van der Waals surface area contributed by atoms with Gasteiger partial charge in [0.15, 0.2) is 0 Å². The van der Waals surface area contributed by atoms with Gasteiger partial charge in [0.05, 0.1) is 0 Å². The number of hydrogen-bond donors (Lipinski definition) is 0. The van der Waals surface area contributed by atoms with E-state index in [0.29, 0.717) is 29.9 Å². The molecule has 0 saturated heterocycles. The van der Waals surface area contributed by atoms with E-state index in [4.69, 9.17) is 9.41 Å². The van der Waals surface area contributed by atoms with Crippen LogP contribution in [0.15, 0.2) is 60.7 Å². The average Bonchev–Trinajstić information content (AvgIpc) is 3.13. The van der Waals surface area contributed by atoms with E-state index in [-0.39, 0.29) is 5.04 Å². The fourth-order valence-electron chi connectivity index (χ4n) is 6.27. The SMILES string of the molecule is CC(C)c1nc(I)c(I)n1[C@@H]1[C@@H]2CC(O[Si](c3ccccc3)(c3ccccc3)C(C)(C)C)C[C@@H]21. The molecule has 2 fully saturated rings. The molecule has 2 aromatic carbocycles. The molecular formula is C28H34I2N2OSi. The van der Waals surface area contributed by atoms with Crippen molar-refractivity contribution in [2.75, 3.05) is 0 Å². The van der Waals surface area contributed by atoms with Crippen LogP contribution in [0, 0.1) is 19.2 Å². The third kappa shape index (κ3) is 4.14. The second kappa shape index (κ2) is 9.30. The minimum atomic E-state index is -2.48. The molecule has 0 amide bonds. The number of imidazole rings is 1. The van der Waals surface area contributed by atoms with Gasteiger partial charge in [-0.2, -0.15) is 0 Å². The molecule has 2 aliphatic carbocycles. The van der Waals surface area contributed by atoms with Crippen molar-refractivity contribution in [1.29, 1.82) is 0 Å². The van der Waals surface area contributed by atoms with Gasteiger partial charge in [0.25, 0.3) is 8.32 Å².